The van der Waals surface area contributed by atoms with E-state index >= 15 is 0 Å². The van der Waals surface area contributed by atoms with Crippen LogP contribution in [0.4, 0.5) is 5.69 Å². The lowest BCUT2D eigenvalue weighted by molar-refractivity contribution is 0.0981. The Hall–Kier alpha value is -2.54. The Labute approximate surface area is 140 Å². The van der Waals surface area contributed by atoms with Gasteiger partial charge in [-0.05, 0) is 36.4 Å². The number of ketones is 1. The Balaban J connectivity index is 2.13. The third-order valence-electron chi connectivity index (χ3n) is 3.96. The highest BCUT2D eigenvalue weighted by atomic mass is 32.2. The van der Waals surface area contributed by atoms with Crippen molar-refractivity contribution in [3.8, 4) is 11.5 Å². The van der Waals surface area contributed by atoms with Crippen LogP contribution in [0.15, 0.2) is 47.4 Å². The minimum Gasteiger partial charge on any atom is -0.497 e. The van der Waals surface area contributed by atoms with E-state index in [1.54, 1.807) is 30.3 Å². The van der Waals surface area contributed by atoms with Gasteiger partial charge in [0.15, 0.2) is 5.78 Å². The number of fused-ring (bicyclic) bond motifs is 1. The van der Waals surface area contributed by atoms with Crippen molar-refractivity contribution in [2.24, 2.45) is 0 Å². The van der Waals surface area contributed by atoms with Crippen LogP contribution in [0.5, 0.6) is 11.5 Å². The fourth-order valence-corrected chi connectivity index (χ4v) is 4.23. The van der Waals surface area contributed by atoms with Crippen molar-refractivity contribution < 1.29 is 22.7 Å². The Morgan fingerprint density at radius 3 is 2.33 bits per heavy atom. The smallest absolute Gasteiger partial charge is 0.264 e. The van der Waals surface area contributed by atoms with E-state index in [2.05, 4.69) is 0 Å². The van der Waals surface area contributed by atoms with Gasteiger partial charge in [-0.1, -0.05) is 6.07 Å². The van der Waals surface area contributed by atoms with Crippen molar-refractivity contribution in [2.45, 2.75) is 11.3 Å². The summed E-state index contributed by atoms with van der Waals surface area (Å²) in [5.74, 6) is 0.837. The number of hydrogen-bond acceptors (Lipinski definition) is 5. The lowest BCUT2D eigenvalue weighted by atomic mass is 10.0. The van der Waals surface area contributed by atoms with Crippen molar-refractivity contribution in [2.75, 3.05) is 25.1 Å². The first kappa shape index (κ1) is 16.3. The molecule has 2 aromatic rings. The quantitative estimate of drug-likeness (QED) is 0.849. The van der Waals surface area contributed by atoms with Crippen molar-refractivity contribution >= 4 is 21.5 Å². The van der Waals surface area contributed by atoms with Crippen LogP contribution in [0.3, 0.4) is 0 Å². The van der Waals surface area contributed by atoms with Crippen LogP contribution < -0.4 is 13.8 Å². The van der Waals surface area contributed by atoms with Crippen molar-refractivity contribution in [3.63, 3.8) is 0 Å². The number of anilines is 1. The summed E-state index contributed by atoms with van der Waals surface area (Å²) < 4.78 is 37.7. The molecule has 0 bridgehead atoms. The molecule has 1 heterocycles. The van der Waals surface area contributed by atoms with Gasteiger partial charge in [0, 0.05) is 18.5 Å². The van der Waals surface area contributed by atoms with Gasteiger partial charge in [-0.2, -0.15) is 0 Å². The number of benzene rings is 2. The molecule has 0 amide bonds. The van der Waals surface area contributed by atoms with E-state index in [1.807, 2.05) is 0 Å². The van der Waals surface area contributed by atoms with Gasteiger partial charge in [0.25, 0.3) is 10.0 Å². The highest BCUT2D eigenvalue weighted by Crippen LogP contribution is 2.39. The number of carbonyl (C=O) groups excluding carboxylic acids is 1. The second-order valence-electron chi connectivity index (χ2n) is 5.28. The SMILES string of the molecule is COc1ccc(S(=O)(=O)N2CCC(=O)c3cccc(OC)c32)cc1. The first-order chi connectivity index (χ1) is 11.5. The molecule has 0 fully saturated rings. The van der Waals surface area contributed by atoms with E-state index in [4.69, 9.17) is 9.47 Å². The molecule has 0 unspecified atom stereocenters. The average molecular weight is 347 g/mol. The number of methoxy groups -OCH3 is 2. The molecule has 0 saturated carbocycles. The van der Waals surface area contributed by atoms with Crippen molar-refractivity contribution in [1.29, 1.82) is 0 Å². The first-order valence-corrected chi connectivity index (χ1v) is 8.80. The van der Waals surface area contributed by atoms with E-state index in [-0.39, 0.29) is 23.6 Å². The van der Waals surface area contributed by atoms with Gasteiger partial charge in [-0.25, -0.2) is 8.42 Å². The number of carbonyl (C=O) groups is 1. The van der Waals surface area contributed by atoms with E-state index in [9.17, 15) is 13.2 Å². The number of ether oxygens (including phenoxy) is 2. The summed E-state index contributed by atoms with van der Waals surface area (Å²) in [5, 5.41) is 0. The minimum absolute atomic E-state index is 0.0839. The zero-order valence-electron chi connectivity index (χ0n) is 13.4. The number of sulfonamides is 1. The number of hydrogen-bond donors (Lipinski definition) is 0. The lowest BCUT2D eigenvalue weighted by Crippen LogP contribution is -2.37. The molecule has 3 rings (SSSR count). The highest BCUT2D eigenvalue weighted by molar-refractivity contribution is 7.92. The van der Waals surface area contributed by atoms with E-state index in [1.165, 1.54) is 30.7 Å². The van der Waals surface area contributed by atoms with Gasteiger partial charge in [0.2, 0.25) is 0 Å². The third-order valence-corrected chi connectivity index (χ3v) is 5.77. The summed E-state index contributed by atoms with van der Waals surface area (Å²) in [4.78, 5) is 12.3. The molecule has 0 atom stereocenters. The van der Waals surface area contributed by atoms with Crippen LogP contribution in [-0.2, 0) is 10.0 Å². The van der Waals surface area contributed by atoms with Crippen LogP contribution >= 0.6 is 0 Å². The second-order valence-corrected chi connectivity index (χ2v) is 7.14. The van der Waals surface area contributed by atoms with Crippen LogP contribution in [0, 0.1) is 0 Å². The predicted octanol–water partition coefficient (Wildman–Crippen LogP) is 2.49. The Bertz CT molecular complexity index is 874. The molecule has 0 radical (unpaired) electrons. The molecule has 0 N–H and O–H groups in total. The summed E-state index contributed by atoms with van der Waals surface area (Å²) in [6, 6.07) is 11.1. The third kappa shape index (κ3) is 2.60. The average Bonchev–Trinajstić information content (AvgIpc) is 2.61. The molecular formula is C17H17NO5S. The maximum Gasteiger partial charge on any atom is 0.264 e. The summed E-state index contributed by atoms with van der Waals surface area (Å²) in [6.07, 6.45) is 0.134. The molecule has 1 aliphatic rings. The molecule has 0 aromatic heterocycles. The van der Waals surface area contributed by atoms with E-state index in [0.717, 1.165) is 0 Å². The highest BCUT2D eigenvalue weighted by Gasteiger charge is 2.34. The molecule has 24 heavy (non-hydrogen) atoms. The fraction of sp³-hybridized carbons (Fsp3) is 0.235. The number of nitrogens with zero attached hydrogens (tertiary/aromatic N) is 1. The van der Waals surface area contributed by atoms with Gasteiger partial charge in [0.05, 0.1) is 19.1 Å². The zero-order valence-corrected chi connectivity index (χ0v) is 14.2. The van der Waals surface area contributed by atoms with Crippen LogP contribution in [0.25, 0.3) is 0 Å². The van der Waals surface area contributed by atoms with E-state index < -0.39 is 10.0 Å². The largest absolute Gasteiger partial charge is 0.497 e. The molecular weight excluding hydrogens is 330 g/mol. The molecule has 0 saturated heterocycles. The maximum atomic E-state index is 13.0. The van der Waals surface area contributed by atoms with Gasteiger partial charge in [-0.15, -0.1) is 0 Å². The maximum absolute atomic E-state index is 13.0. The summed E-state index contributed by atoms with van der Waals surface area (Å²) >= 11 is 0. The molecule has 0 aliphatic carbocycles. The molecule has 126 valence electrons. The minimum atomic E-state index is -3.81. The molecule has 0 spiro atoms. The molecule has 2 aromatic carbocycles. The molecule has 7 heteroatoms. The fourth-order valence-electron chi connectivity index (χ4n) is 2.73. The normalized spacial score (nSPS) is 14.2. The predicted molar refractivity (Wildman–Crippen MR) is 89.5 cm³/mol. The number of rotatable bonds is 4. The topological polar surface area (TPSA) is 72.9 Å². The van der Waals surface area contributed by atoms with Crippen molar-refractivity contribution in [3.05, 3.63) is 48.0 Å². The van der Waals surface area contributed by atoms with Crippen molar-refractivity contribution in [1.82, 2.24) is 0 Å². The lowest BCUT2D eigenvalue weighted by Gasteiger charge is -2.31. The van der Waals surface area contributed by atoms with Gasteiger partial charge < -0.3 is 9.47 Å². The first-order valence-electron chi connectivity index (χ1n) is 7.36. The standard InChI is InChI=1S/C17H17NO5S/c1-22-12-6-8-13(9-7-12)24(20,21)18-11-10-15(19)14-4-3-5-16(23-2)17(14)18/h3-9H,10-11H2,1-2H3. The Morgan fingerprint density at radius 2 is 1.71 bits per heavy atom. The second kappa shape index (κ2) is 6.16. The number of para-hydroxylation sites is 1. The van der Waals surface area contributed by atoms with Gasteiger partial charge >= 0.3 is 0 Å². The van der Waals surface area contributed by atoms with Crippen LogP contribution in [0.2, 0.25) is 0 Å². The Morgan fingerprint density at radius 1 is 1.00 bits per heavy atom. The summed E-state index contributed by atoms with van der Waals surface area (Å²) in [5.41, 5.74) is 0.657. The van der Waals surface area contributed by atoms with E-state index in [0.29, 0.717) is 22.7 Å². The zero-order chi connectivity index (χ0) is 17.3. The molecule has 6 nitrogen and oxygen atoms in total. The molecule has 1 aliphatic heterocycles. The summed E-state index contributed by atoms with van der Waals surface area (Å²) in [6.45, 7) is 0.0839. The van der Waals surface area contributed by atoms with Crippen LogP contribution in [0.1, 0.15) is 16.8 Å². The monoisotopic (exact) mass is 347 g/mol. The van der Waals surface area contributed by atoms with Gasteiger partial charge in [-0.3, -0.25) is 9.10 Å². The summed E-state index contributed by atoms with van der Waals surface area (Å²) in [7, 11) is -0.845. The number of Topliss-reactive ketones (excluding diaryl/α,β-unsaturated/α-hetero) is 1. The van der Waals surface area contributed by atoms with Crippen LogP contribution in [-0.4, -0.2) is 35.0 Å². The Kier molecular flexibility index (Phi) is 4.19. The van der Waals surface area contributed by atoms with Gasteiger partial charge in [0.1, 0.15) is 17.2 Å².